The first-order valence-corrected chi connectivity index (χ1v) is 10.5. The smallest absolute Gasteiger partial charge is 0.276 e. The number of fused-ring (bicyclic) bond motifs is 5. The number of tetrazole rings is 1. The van der Waals surface area contributed by atoms with Gasteiger partial charge in [0.25, 0.3) is 5.78 Å². The van der Waals surface area contributed by atoms with Gasteiger partial charge >= 0.3 is 0 Å². The second-order valence-electron chi connectivity index (χ2n) is 7.38. The summed E-state index contributed by atoms with van der Waals surface area (Å²) in [4.78, 5) is 13.4. The first-order valence-electron chi connectivity index (χ1n) is 9.72. The van der Waals surface area contributed by atoms with Gasteiger partial charge in [0.1, 0.15) is 17.2 Å². The minimum atomic E-state index is 0.621. The van der Waals surface area contributed by atoms with Crippen LogP contribution in [-0.2, 0) is 13.0 Å². The first-order chi connectivity index (χ1) is 12.8. The number of rotatable bonds is 3. The summed E-state index contributed by atoms with van der Waals surface area (Å²) < 4.78 is 1.83. The van der Waals surface area contributed by atoms with E-state index in [9.17, 15) is 0 Å². The Balaban J connectivity index is 1.66. The van der Waals surface area contributed by atoms with Gasteiger partial charge in [0, 0.05) is 6.42 Å². The highest BCUT2D eigenvalue weighted by atomic mass is 32.1. The third kappa shape index (κ3) is 2.49. The molecule has 138 valence electrons. The zero-order chi connectivity index (χ0) is 17.7. The van der Waals surface area contributed by atoms with E-state index in [1.807, 2.05) is 15.9 Å². The fourth-order valence-corrected chi connectivity index (χ4v) is 5.71. The van der Waals surface area contributed by atoms with Gasteiger partial charge < -0.3 is 14.7 Å². The maximum Gasteiger partial charge on any atom is 0.276 e. The van der Waals surface area contributed by atoms with Crippen molar-refractivity contribution in [3.8, 4) is 0 Å². The number of nitrogens with zero attached hydrogens (tertiary/aromatic N) is 6. The summed E-state index contributed by atoms with van der Waals surface area (Å²) in [7, 11) is 0. The summed E-state index contributed by atoms with van der Waals surface area (Å²) >= 11 is 1.86. The van der Waals surface area contributed by atoms with E-state index in [0.29, 0.717) is 5.78 Å². The molecule has 0 bridgehead atoms. The Labute approximate surface area is 156 Å². The van der Waals surface area contributed by atoms with Crippen LogP contribution >= 0.6 is 11.3 Å². The van der Waals surface area contributed by atoms with E-state index in [0.717, 1.165) is 31.9 Å². The molecule has 2 aliphatic heterocycles. The SMILES string of the molecule is CC[NH+]1CCN(c2nc3nnnn3c3sc4c(c23)CC[NH+](CC)C4)CC1. The second-order valence-corrected chi connectivity index (χ2v) is 8.46. The van der Waals surface area contributed by atoms with Crippen LogP contribution in [-0.4, -0.2) is 70.8 Å². The van der Waals surface area contributed by atoms with Gasteiger partial charge in [-0.3, -0.25) is 0 Å². The summed E-state index contributed by atoms with van der Waals surface area (Å²) in [5.41, 5.74) is 1.49. The van der Waals surface area contributed by atoms with Crippen molar-refractivity contribution in [1.82, 2.24) is 25.0 Å². The average Bonchev–Trinajstić information content (AvgIpc) is 3.30. The van der Waals surface area contributed by atoms with Crippen LogP contribution < -0.4 is 14.7 Å². The minimum Gasteiger partial charge on any atom is -0.345 e. The number of hydrogen-bond acceptors (Lipinski definition) is 6. The van der Waals surface area contributed by atoms with Crippen LogP contribution in [0.2, 0.25) is 0 Å². The quantitative estimate of drug-likeness (QED) is 0.579. The van der Waals surface area contributed by atoms with E-state index in [1.54, 1.807) is 9.80 Å². The Morgan fingerprint density at radius 1 is 1.08 bits per heavy atom. The first kappa shape index (κ1) is 16.3. The van der Waals surface area contributed by atoms with E-state index in [2.05, 4.69) is 34.3 Å². The van der Waals surface area contributed by atoms with Gasteiger partial charge in [0.05, 0.1) is 56.1 Å². The van der Waals surface area contributed by atoms with E-state index in [4.69, 9.17) is 4.98 Å². The highest BCUT2D eigenvalue weighted by molar-refractivity contribution is 7.19. The van der Waals surface area contributed by atoms with Crippen molar-refractivity contribution < 1.29 is 9.80 Å². The van der Waals surface area contributed by atoms with Crippen molar-refractivity contribution in [2.45, 2.75) is 26.8 Å². The fourth-order valence-electron chi connectivity index (χ4n) is 4.36. The van der Waals surface area contributed by atoms with Crippen LogP contribution in [0.25, 0.3) is 16.0 Å². The molecule has 0 amide bonds. The van der Waals surface area contributed by atoms with Crippen LogP contribution in [0.15, 0.2) is 0 Å². The number of hydrogen-bond donors (Lipinski definition) is 2. The van der Waals surface area contributed by atoms with Crippen molar-refractivity contribution >= 4 is 33.1 Å². The monoisotopic (exact) mass is 374 g/mol. The van der Waals surface area contributed by atoms with Gasteiger partial charge in [-0.1, -0.05) is 5.10 Å². The highest BCUT2D eigenvalue weighted by Gasteiger charge is 2.30. The van der Waals surface area contributed by atoms with E-state index >= 15 is 0 Å². The summed E-state index contributed by atoms with van der Waals surface area (Å²) in [5.74, 6) is 1.73. The van der Waals surface area contributed by atoms with E-state index in [-0.39, 0.29) is 0 Å². The zero-order valence-corrected chi connectivity index (χ0v) is 16.3. The summed E-state index contributed by atoms with van der Waals surface area (Å²) in [5, 5.41) is 13.6. The molecule has 8 nitrogen and oxygen atoms in total. The predicted molar refractivity (Wildman–Crippen MR) is 101 cm³/mol. The molecule has 0 saturated carbocycles. The van der Waals surface area contributed by atoms with Crippen molar-refractivity contribution in [2.24, 2.45) is 0 Å². The average molecular weight is 375 g/mol. The molecular weight excluding hydrogens is 348 g/mol. The lowest BCUT2D eigenvalue weighted by Gasteiger charge is -2.33. The molecule has 1 fully saturated rings. The van der Waals surface area contributed by atoms with Crippen molar-refractivity contribution in [3.05, 3.63) is 10.4 Å². The number of nitrogens with one attached hydrogen (secondary N) is 2. The molecule has 9 heteroatoms. The van der Waals surface area contributed by atoms with Crippen molar-refractivity contribution in [3.63, 3.8) is 0 Å². The molecular formula is C17H26N8S+2. The third-order valence-corrected chi connectivity index (χ3v) is 7.26. The zero-order valence-electron chi connectivity index (χ0n) is 15.5. The molecule has 1 atom stereocenters. The minimum absolute atomic E-state index is 0.621. The van der Waals surface area contributed by atoms with E-state index < -0.39 is 0 Å². The van der Waals surface area contributed by atoms with Gasteiger partial charge in [-0.15, -0.1) is 11.3 Å². The Bertz CT molecular complexity index is 939. The number of anilines is 1. The molecule has 0 aromatic carbocycles. The number of thiophene rings is 1. The molecule has 2 aliphatic rings. The van der Waals surface area contributed by atoms with Crippen molar-refractivity contribution in [1.29, 1.82) is 0 Å². The molecule has 5 rings (SSSR count). The molecule has 1 saturated heterocycles. The molecule has 2 N–H and O–H groups in total. The number of piperazine rings is 1. The number of likely N-dealkylation sites (N-methyl/N-ethyl adjacent to an activating group) is 2. The van der Waals surface area contributed by atoms with Crippen molar-refractivity contribution in [2.75, 3.05) is 50.7 Å². The lowest BCUT2D eigenvalue weighted by Crippen LogP contribution is -3.14. The molecule has 5 heterocycles. The summed E-state index contributed by atoms with van der Waals surface area (Å²) in [6.45, 7) is 13.7. The van der Waals surface area contributed by atoms with Gasteiger partial charge in [-0.25, -0.2) is 0 Å². The van der Waals surface area contributed by atoms with Crippen LogP contribution in [0.4, 0.5) is 5.82 Å². The van der Waals surface area contributed by atoms with Crippen LogP contribution in [0, 0.1) is 0 Å². The Kier molecular flexibility index (Phi) is 4.02. The molecule has 0 radical (unpaired) electrons. The number of aromatic nitrogens is 5. The Hall–Kier alpha value is -1.84. The topological polar surface area (TPSA) is 68.1 Å². The van der Waals surface area contributed by atoms with Gasteiger partial charge in [-0.05, 0) is 29.8 Å². The predicted octanol–water partition coefficient (Wildman–Crippen LogP) is -1.58. The Morgan fingerprint density at radius 3 is 2.65 bits per heavy atom. The molecule has 3 aromatic heterocycles. The summed E-state index contributed by atoms with van der Waals surface area (Å²) in [6, 6.07) is 0. The van der Waals surface area contributed by atoms with Crippen LogP contribution in [0.1, 0.15) is 24.3 Å². The van der Waals surface area contributed by atoms with Crippen LogP contribution in [0.5, 0.6) is 0 Å². The molecule has 0 spiro atoms. The van der Waals surface area contributed by atoms with Crippen LogP contribution in [0.3, 0.4) is 0 Å². The molecule has 1 unspecified atom stereocenters. The van der Waals surface area contributed by atoms with Gasteiger partial charge in [0.15, 0.2) is 0 Å². The highest BCUT2D eigenvalue weighted by Crippen LogP contribution is 2.37. The maximum atomic E-state index is 4.90. The maximum absolute atomic E-state index is 4.90. The number of quaternary nitrogens is 2. The summed E-state index contributed by atoms with van der Waals surface area (Å²) in [6.07, 6.45) is 1.13. The van der Waals surface area contributed by atoms with E-state index in [1.165, 1.54) is 53.4 Å². The third-order valence-electron chi connectivity index (χ3n) is 6.06. The Morgan fingerprint density at radius 2 is 1.88 bits per heavy atom. The largest absolute Gasteiger partial charge is 0.345 e. The lowest BCUT2D eigenvalue weighted by atomic mass is 10.0. The lowest BCUT2D eigenvalue weighted by molar-refractivity contribution is -0.913. The fraction of sp³-hybridized carbons (Fsp3) is 0.647. The normalized spacial score (nSPS) is 21.6. The standard InChI is InChI=1S/C17H24N8S/c1-3-22-7-9-24(10-8-22)15-14-12-5-6-23(4-2)11-13(12)26-16(14)25-17(18-15)19-20-21-25/h3-11H2,1-2H3/p+2. The molecule has 0 aliphatic carbocycles. The molecule has 3 aromatic rings. The second kappa shape index (κ2) is 6.40. The van der Waals surface area contributed by atoms with Gasteiger partial charge in [-0.2, -0.15) is 9.50 Å². The molecule has 26 heavy (non-hydrogen) atoms. The van der Waals surface area contributed by atoms with Gasteiger partial charge in [0.2, 0.25) is 0 Å².